The molecule has 12 heavy (non-hydrogen) atoms. The van der Waals surface area contributed by atoms with Gasteiger partial charge >= 0.3 is 70.7 Å². The van der Waals surface area contributed by atoms with E-state index in [0.717, 1.165) is 0 Å². The van der Waals surface area contributed by atoms with E-state index in [1.807, 2.05) is 0 Å². The van der Waals surface area contributed by atoms with Crippen LogP contribution in [-0.4, -0.2) is 41.6 Å². The van der Waals surface area contributed by atoms with Crippen LogP contribution in [0.2, 0.25) is 0 Å². The fourth-order valence-electron chi connectivity index (χ4n) is 0.749. The van der Waals surface area contributed by atoms with Crippen LogP contribution >= 0.6 is 16.3 Å². The Morgan fingerprint density at radius 3 is 1.92 bits per heavy atom. The Hall–Kier alpha value is 0.620. The average Bonchev–Trinajstić information content (AvgIpc) is 1.84. The molecule has 0 aromatic carbocycles. The molecule has 6 nitrogen and oxygen atoms in total. The van der Waals surface area contributed by atoms with Crippen molar-refractivity contribution in [2.45, 2.75) is 18.2 Å². The average molecular weight is 220 g/mol. The zero-order valence-electron chi connectivity index (χ0n) is 6.33. The monoisotopic (exact) mass is 220 g/mol. The Labute approximate surface area is 71.6 Å². The van der Waals surface area contributed by atoms with Gasteiger partial charge in [0.15, 0.2) is 0 Å². The van der Waals surface area contributed by atoms with Crippen LogP contribution in [0.25, 0.3) is 0 Å². The molecule has 0 fully saturated rings. The molecule has 0 aromatic rings. The first-order valence-corrected chi connectivity index (χ1v) is 6.58. The van der Waals surface area contributed by atoms with Gasteiger partial charge in [-0.05, 0) is 0 Å². The summed E-state index contributed by atoms with van der Waals surface area (Å²) in [6.45, 7) is -0.190. The van der Waals surface area contributed by atoms with E-state index in [-0.39, 0.29) is 19.4 Å². The van der Waals surface area contributed by atoms with Gasteiger partial charge in [0, 0.05) is 0 Å². The van der Waals surface area contributed by atoms with Crippen molar-refractivity contribution >= 4 is 16.3 Å². The predicted molar refractivity (Wildman–Crippen MR) is 46.4 cm³/mol. The second kappa shape index (κ2) is 5.37. The van der Waals surface area contributed by atoms with E-state index < -0.39 is 21.7 Å². The molecule has 0 saturated heterocycles. The van der Waals surface area contributed by atoms with Crippen molar-refractivity contribution in [2.75, 3.05) is 6.61 Å². The van der Waals surface area contributed by atoms with Crippen molar-refractivity contribution in [2.24, 2.45) is 0 Å². The van der Waals surface area contributed by atoms with Gasteiger partial charge < -0.3 is 0 Å². The first-order valence-electron chi connectivity index (χ1n) is 3.34. The van der Waals surface area contributed by atoms with E-state index in [1.165, 1.54) is 0 Å². The first-order chi connectivity index (χ1) is 5.39. The number of aliphatic hydroxyl groups excluding tert-OH is 1. The summed E-state index contributed by atoms with van der Waals surface area (Å²) in [5.74, 6) is 0. The maximum atomic E-state index is 8.74. The van der Waals surface area contributed by atoms with Crippen LogP contribution in [0.15, 0.2) is 0 Å². The molecule has 0 aliphatic heterocycles. The van der Waals surface area contributed by atoms with Crippen LogP contribution in [0.1, 0.15) is 12.8 Å². The summed E-state index contributed by atoms with van der Waals surface area (Å²) in [5, 5.41) is 7.09. The van der Waals surface area contributed by atoms with Gasteiger partial charge in [0.25, 0.3) is 0 Å². The Balaban J connectivity index is 4.05. The molecule has 1 unspecified atom stereocenters. The van der Waals surface area contributed by atoms with Crippen molar-refractivity contribution < 1.29 is 29.6 Å². The fourth-order valence-corrected chi connectivity index (χ4v) is 2.99. The summed E-state index contributed by atoms with van der Waals surface area (Å²) >= 11 is 0. The number of rotatable bonds is 5. The molecule has 0 radical (unpaired) electrons. The second-order valence-corrected chi connectivity index (χ2v) is 6.21. The standard InChI is InChI=1S/C4H14O6P2/c5-3-1-2-4(11(6)7)12(8,9)10/h4-10,12H,1-3H2. The molecule has 0 aliphatic carbocycles. The van der Waals surface area contributed by atoms with Gasteiger partial charge in [0.2, 0.25) is 0 Å². The van der Waals surface area contributed by atoms with Gasteiger partial charge in [-0.1, -0.05) is 0 Å². The normalized spacial score (nSPS) is 16.6. The molecule has 0 aliphatic rings. The first kappa shape index (κ1) is 12.6. The quantitative estimate of drug-likeness (QED) is 0.325. The van der Waals surface area contributed by atoms with E-state index in [1.54, 1.807) is 0 Å². The Kier molecular flexibility index (Phi) is 5.65. The molecule has 0 saturated carbocycles. The van der Waals surface area contributed by atoms with E-state index >= 15 is 0 Å². The van der Waals surface area contributed by atoms with E-state index in [4.69, 9.17) is 29.6 Å². The topological polar surface area (TPSA) is 121 Å². The van der Waals surface area contributed by atoms with E-state index in [0.29, 0.717) is 0 Å². The molecule has 6 N–H and O–H groups in total. The van der Waals surface area contributed by atoms with E-state index in [9.17, 15) is 0 Å². The maximum absolute atomic E-state index is 8.74. The zero-order valence-corrected chi connectivity index (χ0v) is 8.22. The third-order valence-corrected chi connectivity index (χ3v) is 5.09. The molecular formula is C4H14O6P2. The van der Waals surface area contributed by atoms with Gasteiger partial charge in [0.05, 0.1) is 0 Å². The Bertz CT molecular complexity index is 123. The van der Waals surface area contributed by atoms with Crippen LogP contribution in [0, 0.1) is 0 Å². The SMILES string of the molecule is OCCCC(P(O)O)[PH](O)(O)O. The van der Waals surface area contributed by atoms with E-state index in [2.05, 4.69) is 0 Å². The Morgan fingerprint density at radius 2 is 1.67 bits per heavy atom. The van der Waals surface area contributed by atoms with Crippen molar-refractivity contribution in [3.8, 4) is 0 Å². The third kappa shape index (κ3) is 4.60. The fraction of sp³-hybridized carbons (Fsp3) is 1.00. The van der Waals surface area contributed by atoms with Crippen molar-refractivity contribution in [3.05, 3.63) is 0 Å². The molecular weight excluding hydrogens is 206 g/mol. The predicted octanol–water partition coefficient (Wildman–Crippen LogP) is -1.15. The van der Waals surface area contributed by atoms with Crippen LogP contribution in [-0.2, 0) is 0 Å². The second-order valence-electron chi connectivity index (χ2n) is 2.39. The summed E-state index contributed by atoms with van der Waals surface area (Å²) in [7, 11) is -7.03. The summed E-state index contributed by atoms with van der Waals surface area (Å²) < 4.78 is 0. The molecule has 0 aromatic heterocycles. The van der Waals surface area contributed by atoms with Crippen LogP contribution in [0.5, 0.6) is 0 Å². The van der Waals surface area contributed by atoms with Crippen molar-refractivity contribution in [1.82, 2.24) is 0 Å². The number of hydrogen-bond acceptors (Lipinski definition) is 6. The summed E-state index contributed by atoms with van der Waals surface area (Å²) in [6, 6.07) is 0. The van der Waals surface area contributed by atoms with Gasteiger partial charge in [-0.15, -0.1) is 0 Å². The van der Waals surface area contributed by atoms with Gasteiger partial charge in [-0.25, -0.2) is 0 Å². The van der Waals surface area contributed by atoms with Gasteiger partial charge in [-0.2, -0.15) is 0 Å². The summed E-state index contributed by atoms with van der Waals surface area (Å²) in [4.78, 5) is 43.6. The summed E-state index contributed by atoms with van der Waals surface area (Å²) in [5.41, 5.74) is 0. The molecule has 0 rings (SSSR count). The molecule has 0 bridgehead atoms. The van der Waals surface area contributed by atoms with Gasteiger partial charge in [0.1, 0.15) is 0 Å². The molecule has 76 valence electrons. The molecule has 0 spiro atoms. The molecule has 0 amide bonds. The number of aliphatic hydroxyl groups is 1. The third-order valence-electron chi connectivity index (χ3n) is 1.36. The summed E-state index contributed by atoms with van der Waals surface area (Å²) in [6.07, 6.45) is 0.186. The minimum atomic E-state index is -4.47. The Morgan fingerprint density at radius 1 is 1.17 bits per heavy atom. The van der Waals surface area contributed by atoms with Gasteiger partial charge in [-0.3, -0.25) is 0 Å². The van der Waals surface area contributed by atoms with Crippen molar-refractivity contribution in [3.63, 3.8) is 0 Å². The molecule has 1 atom stereocenters. The van der Waals surface area contributed by atoms with Crippen LogP contribution < -0.4 is 0 Å². The van der Waals surface area contributed by atoms with Crippen LogP contribution in [0.4, 0.5) is 0 Å². The zero-order chi connectivity index (χ0) is 9.78. The van der Waals surface area contributed by atoms with Crippen LogP contribution in [0.3, 0.4) is 0 Å². The molecule has 0 heterocycles. The van der Waals surface area contributed by atoms with Crippen molar-refractivity contribution in [1.29, 1.82) is 0 Å². The molecule has 8 heteroatoms. The minimum absolute atomic E-state index is 0.00900. The number of hydrogen-bond donors (Lipinski definition) is 6.